The second kappa shape index (κ2) is 6.34. The van der Waals surface area contributed by atoms with Crippen LogP contribution in [0.1, 0.15) is 33.6 Å². The summed E-state index contributed by atoms with van der Waals surface area (Å²) in [5, 5.41) is 0. The molecule has 1 aliphatic carbocycles. The van der Waals surface area contributed by atoms with Crippen LogP contribution < -0.4 is 0 Å². The Morgan fingerprint density at radius 3 is 2.24 bits per heavy atom. The summed E-state index contributed by atoms with van der Waals surface area (Å²) >= 11 is 0. The zero-order chi connectivity index (χ0) is 15.6. The van der Waals surface area contributed by atoms with Crippen molar-refractivity contribution in [3.63, 3.8) is 0 Å². The molecular formula is C16H28N2O3. The fourth-order valence-electron chi connectivity index (χ4n) is 2.80. The lowest BCUT2D eigenvalue weighted by molar-refractivity contribution is -0.145. The molecule has 5 nitrogen and oxygen atoms in total. The number of esters is 1. The zero-order valence-corrected chi connectivity index (χ0v) is 13.7. The van der Waals surface area contributed by atoms with Crippen molar-refractivity contribution in [1.82, 2.24) is 9.80 Å². The molecule has 2 atom stereocenters. The maximum atomic E-state index is 12.3. The SMILES string of the molecule is COC(=O)[C@@H]1C[C@H]1C(=O)N1CCN(CCC(C)(C)C)CC1. The topological polar surface area (TPSA) is 49.9 Å². The molecule has 2 rings (SSSR count). The molecule has 0 spiro atoms. The van der Waals surface area contributed by atoms with Gasteiger partial charge in [-0.05, 0) is 24.8 Å². The number of methoxy groups -OCH3 is 1. The second-order valence-electron chi connectivity index (χ2n) is 7.45. The molecule has 0 radical (unpaired) electrons. The fourth-order valence-corrected chi connectivity index (χ4v) is 2.80. The molecule has 5 heteroatoms. The number of nitrogens with zero attached hydrogens (tertiary/aromatic N) is 2. The number of carbonyl (C=O) groups is 2. The molecule has 1 heterocycles. The van der Waals surface area contributed by atoms with E-state index >= 15 is 0 Å². The van der Waals surface area contributed by atoms with Crippen LogP contribution in [0.4, 0.5) is 0 Å². The van der Waals surface area contributed by atoms with Crippen LogP contribution in [-0.2, 0) is 14.3 Å². The van der Waals surface area contributed by atoms with Gasteiger partial charge >= 0.3 is 5.97 Å². The highest BCUT2D eigenvalue weighted by Gasteiger charge is 2.50. The maximum absolute atomic E-state index is 12.3. The first kappa shape index (κ1) is 16.3. The maximum Gasteiger partial charge on any atom is 0.309 e. The first-order valence-electron chi connectivity index (χ1n) is 7.91. The van der Waals surface area contributed by atoms with E-state index in [1.165, 1.54) is 13.5 Å². The number of amides is 1. The summed E-state index contributed by atoms with van der Waals surface area (Å²) in [6.45, 7) is 11.3. The summed E-state index contributed by atoms with van der Waals surface area (Å²) in [5.41, 5.74) is 0.356. The van der Waals surface area contributed by atoms with Crippen molar-refractivity contribution in [2.24, 2.45) is 17.3 Å². The molecular weight excluding hydrogens is 268 g/mol. The van der Waals surface area contributed by atoms with Crippen molar-refractivity contribution in [2.75, 3.05) is 39.8 Å². The summed E-state index contributed by atoms with van der Waals surface area (Å²) in [7, 11) is 1.39. The molecule has 2 aliphatic rings. The molecule has 0 aromatic carbocycles. The van der Waals surface area contributed by atoms with E-state index in [0.29, 0.717) is 11.8 Å². The molecule has 0 N–H and O–H groups in total. The van der Waals surface area contributed by atoms with Gasteiger partial charge in [0.15, 0.2) is 0 Å². The van der Waals surface area contributed by atoms with Crippen molar-refractivity contribution < 1.29 is 14.3 Å². The lowest BCUT2D eigenvalue weighted by atomic mass is 9.92. The molecule has 120 valence electrons. The minimum absolute atomic E-state index is 0.126. The highest BCUT2D eigenvalue weighted by molar-refractivity contribution is 5.90. The summed E-state index contributed by atoms with van der Waals surface area (Å²) in [6, 6.07) is 0. The van der Waals surface area contributed by atoms with E-state index in [9.17, 15) is 9.59 Å². The molecule has 0 bridgehead atoms. The Bertz CT molecular complexity index is 395. The molecule has 21 heavy (non-hydrogen) atoms. The predicted molar refractivity (Wildman–Crippen MR) is 80.7 cm³/mol. The van der Waals surface area contributed by atoms with Gasteiger partial charge in [-0.1, -0.05) is 20.8 Å². The summed E-state index contributed by atoms with van der Waals surface area (Å²) in [4.78, 5) is 28.1. The van der Waals surface area contributed by atoms with E-state index in [1.807, 2.05) is 4.90 Å². The monoisotopic (exact) mass is 296 g/mol. The van der Waals surface area contributed by atoms with Crippen LogP contribution in [0.3, 0.4) is 0 Å². The molecule has 1 aliphatic heterocycles. The molecule has 1 saturated heterocycles. The van der Waals surface area contributed by atoms with Crippen LogP contribution in [0.25, 0.3) is 0 Å². The minimum atomic E-state index is -0.239. The smallest absolute Gasteiger partial charge is 0.309 e. The molecule has 2 fully saturated rings. The van der Waals surface area contributed by atoms with E-state index in [0.717, 1.165) is 32.7 Å². The zero-order valence-electron chi connectivity index (χ0n) is 13.7. The van der Waals surface area contributed by atoms with Crippen molar-refractivity contribution in [3.8, 4) is 0 Å². The first-order valence-corrected chi connectivity index (χ1v) is 7.91. The molecule has 0 unspecified atom stereocenters. The van der Waals surface area contributed by atoms with Gasteiger partial charge in [0.1, 0.15) is 0 Å². The van der Waals surface area contributed by atoms with Crippen molar-refractivity contribution in [2.45, 2.75) is 33.6 Å². The molecule has 1 amide bonds. The Kier molecular flexibility index (Phi) is 4.91. The van der Waals surface area contributed by atoms with Crippen LogP contribution in [0.5, 0.6) is 0 Å². The molecule has 0 aromatic heterocycles. The number of piperazine rings is 1. The van der Waals surface area contributed by atoms with Crippen LogP contribution in [-0.4, -0.2) is 61.5 Å². The highest BCUT2D eigenvalue weighted by Crippen LogP contribution is 2.41. The van der Waals surface area contributed by atoms with Gasteiger partial charge in [-0.3, -0.25) is 14.5 Å². The fraction of sp³-hybridized carbons (Fsp3) is 0.875. The van der Waals surface area contributed by atoms with Gasteiger partial charge in [0.25, 0.3) is 0 Å². The Hall–Kier alpha value is -1.10. The second-order valence-corrected chi connectivity index (χ2v) is 7.45. The number of hydrogen-bond acceptors (Lipinski definition) is 4. The minimum Gasteiger partial charge on any atom is -0.469 e. The van der Waals surface area contributed by atoms with E-state index in [4.69, 9.17) is 4.74 Å². The van der Waals surface area contributed by atoms with Crippen LogP contribution in [0.15, 0.2) is 0 Å². The van der Waals surface area contributed by atoms with Gasteiger partial charge < -0.3 is 9.64 Å². The Morgan fingerprint density at radius 1 is 1.10 bits per heavy atom. The number of hydrogen-bond donors (Lipinski definition) is 0. The van der Waals surface area contributed by atoms with Crippen LogP contribution in [0.2, 0.25) is 0 Å². The van der Waals surface area contributed by atoms with Gasteiger partial charge in [0.05, 0.1) is 18.9 Å². The largest absolute Gasteiger partial charge is 0.469 e. The van der Waals surface area contributed by atoms with E-state index in [1.54, 1.807) is 0 Å². The van der Waals surface area contributed by atoms with Crippen molar-refractivity contribution >= 4 is 11.9 Å². The van der Waals surface area contributed by atoms with Gasteiger partial charge in [-0.15, -0.1) is 0 Å². The third-order valence-corrected chi connectivity index (χ3v) is 4.47. The van der Waals surface area contributed by atoms with E-state index in [-0.39, 0.29) is 23.7 Å². The summed E-state index contributed by atoms with van der Waals surface area (Å²) < 4.78 is 4.70. The summed E-state index contributed by atoms with van der Waals surface area (Å²) in [5.74, 6) is -0.418. The van der Waals surface area contributed by atoms with E-state index < -0.39 is 0 Å². The Labute approximate surface area is 127 Å². The quantitative estimate of drug-likeness (QED) is 0.735. The van der Waals surface area contributed by atoms with Crippen LogP contribution in [0, 0.1) is 17.3 Å². The molecule has 1 saturated carbocycles. The third kappa shape index (κ3) is 4.43. The van der Waals surface area contributed by atoms with E-state index in [2.05, 4.69) is 25.7 Å². The third-order valence-electron chi connectivity index (χ3n) is 4.47. The number of carbonyl (C=O) groups excluding carboxylic acids is 2. The van der Waals surface area contributed by atoms with Gasteiger partial charge in [0.2, 0.25) is 5.91 Å². The Balaban J connectivity index is 1.72. The summed E-state index contributed by atoms with van der Waals surface area (Å²) in [6.07, 6.45) is 1.84. The first-order chi connectivity index (χ1) is 9.81. The lowest BCUT2D eigenvalue weighted by Crippen LogP contribution is -2.49. The average Bonchev–Trinajstić information content (AvgIpc) is 3.23. The molecule has 0 aromatic rings. The van der Waals surface area contributed by atoms with Crippen molar-refractivity contribution in [1.29, 1.82) is 0 Å². The van der Waals surface area contributed by atoms with Crippen molar-refractivity contribution in [3.05, 3.63) is 0 Å². The average molecular weight is 296 g/mol. The number of rotatable bonds is 4. The number of ether oxygens (including phenoxy) is 1. The van der Waals surface area contributed by atoms with Gasteiger partial charge in [-0.2, -0.15) is 0 Å². The normalized spacial score (nSPS) is 26.6. The van der Waals surface area contributed by atoms with Gasteiger partial charge in [-0.25, -0.2) is 0 Å². The highest BCUT2D eigenvalue weighted by atomic mass is 16.5. The lowest BCUT2D eigenvalue weighted by Gasteiger charge is -2.36. The Morgan fingerprint density at radius 2 is 1.71 bits per heavy atom. The van der Waals surface area contributed by atoms with Gasteiger partial charge in [0, 0.05) is 26.2 Å². The standard InChI is InChI=1S/C16H28N2O3/c1-16(2,3)5-6-17-7-9-18(10-8-17)14(19)12-11-13(12)15(20)21-4/h12-13H,5-11H2,1-4H3/t12-,13-/m1/s1. The predicted octanol–water partition coefficient (Wildman–Crippen LogP) is 1.38. The van der Waals surface area contributed by atoms with Crippen LogP contribution >= 0.6 is 0 Å².